The number of hydrogen-bond acceptors (Lipinski definition) is 6. The van der Waals surface area contributed by atoms with Crippen molar-refractivity contribution in [1.82, 2.24) is 4.90 Å². The quantitative estimate of drug-likeness (QED) is 0.581. The molecule has 1 aliphatic rings. The van der Waals surface area contributed by atoms with Crippen molar-refractivity contribution in [3.63, 3.8) is 0 Å². The number of halogens is 3. The van der Waals surface area contributed by atoms with Crippen LogP contribution in [-0.4, -0.2) is 63.3 Å². The fraction of sp³-hybridized carbons (Fsp3) is 0.391. The van der Waals surface area contributed by atoms with E-state index in [0.29, 0.717) is 50.0 Å². The molecule has 2 aromatic carbocycles. The number of benzene rings is 2. The van der Waals surface area contributed by atoms with Gasteiger partial charge in [-0.3, -0.25) is 4.79 Å². The monoisotopic (exact) mass is 466 g/mol. The zero-order valence-electron chi connectivity index (χ0n) is 18.4. The third kappa shape index (κ3) is 6.09. The van der Waals surface area contributed by atoms with Gasteiger partial charge in [0.05, 0.1) is 24.8 Å². The maximum atomic E-state index is 12.9. The van der Waals surface area contributed by atoms with Crippen LogP contribution in [0.1, 0.15) is 22.8 Å². The molecule has 0 N–H and O–H groups in total. The van der Waals surface area contributed by atoms with Gasteiger partial charge in [0.25, 0.3) is 5.91 Å². The molecule has 0 aromatic heterocycles. The Kier molecular flexibility index (Phi) is 7.67. The average molecular weight is 466 g/mol. The fourth-order valence-corrected chi connectivity index (χ4v) is 3.46. The van der Waals surface area contributed by atoms with Crippen molar-refractivity contribution >= 4 is 17.6 Å². The van der Waals surface area contributed by atoms with Crippen molar-refractivity contribution in [2.45, 2.75) is 13.1 Å². The number of hydrogen-bond donors (Lipinski definition) is 0. The van der Waals surface area contributed by atoms with Crippen molar-refractivity contribution in [1.29, 1.82) is 0 Å². The Bertz CT molecular complexity index is 988. The summed E-state index contributed by atoms with van der Waals surface area (Å²) < 4.78 is 54.6. The first-order chi connectivity index (χ1) is 15.7. The van der Waals surface area contributed by atoms with E-state index < -0.39 is 24.3 Å². The molecule has 0 atom stereocenters. The minimum Gasteiger partial charge on any atom is -0.493 e. The molecule has 1 heterocycles. The first-order valence-corrected chi connectivity index (χ1v) is 10.4. The molecule has 0 aliphatic carbocycles. The van der Waals surface area contributed by atoms with E-state index in [4.69, 9.17) is 14.2 Å². The molecule has 1 fully saturated rings. The Hall–Kier alpha value is -3.43. The van der Waals surface area contributed by atoms with Gasteiger partial charge >= 0.3 is 12.1 Å². The van der Waals surface area contributed by atoms with Crippen LogP contribution in [0.4, 0.5) is 18.9 Å². The van der Waals surface area contributed by atoms with Crippen LogP contribution in [0.2, 0.25) is 0 Å². The second-order valence-corrected chi connectivity index (χ2v) is 7.29. The number of carbonyl (C=O) groups excluding carboxylic acids is 2. The lowest BCUT2D eigenvalue weighted by Gasteiger charge is -2.36. The zero-order valence-corrected chi connectivity index (χ0v) is 18.4. The highest BCUT2D eigenvalue weighted by atomic mass is 19.4. The SMILES string of the molecule is CCOc1ccc(C(=O)OCC(=O)N2CCN(c3cccc(C(F)(F)F)c3)CC2)cc1OC. The van der Waals surface area contributed by atoms with Gasteiger partial charge in [-0.2, -0.15) is 13.2 Å². The Labute approximate surface area is 189 Å². The lowest BCUT2D eigenvalue weighted by molar-refractivity contribution is -0.137. The summed E-state index contributed by atoms with van der Waals surface area (Å²) in [4.78, 5) is 28.1. The van der Waals surface area contributed by atoms with E-state index in [9.17, 15) is 22.8 Å². The van der Waals surface area contributed by atoms with Gasteiger partial charge in [0.2, 0.25) is 0 Å². The molecule has 178 valence electrons. The number of methoxy groups -OCH3 is 1. The molecule has 1 saturated heterocycles. The standard InChI is InChI=1S/C23H25F3N2O5/c1-3-32-19-8-7-16(13-20(19)31-2)22(30)33-15-21(29)28-11-9-27(10-12-28)18-6-4-5-17(14-18)23(24,25)26/h4-8,13-14H,3,9-12,15H2,1-2H3. The van der Waals surface area contributed by atoms with Gasteiger partial charge < -0.3 is 24.0 Å². The number of alkyl halides is 3. The second-order valence-electron chi connectivity index (χ2n) is 7.29. The molecule has 33 heavy (non-hydrogen) atoms. The highest BCUT2D eigenvalue weighted by Crippen LogP contribution is 2.32. The maximum absolute atomic E-state index is 12.9. The molecule has 0 bridgehead atoms. The smallest absolute Gasteiger partial charge is 0.416 e. The summed E-state index contributed by atoms with van der Waals surface area (Å²) in [5, 5.41) is 0. The van der Waals surface area contributed by atoms with Crippen LogP contribution in [0.5, 0.6) is 11.5 Å². The van der Waals surface area contributed by atoms with Crippen LogP contribution in [-0.2, 0) is 15.7 Å². The number of esters is 1. The third-order valence-corrected chi connectivity index (χ3v) is 5.20. The van der Waals surface area contributed by atoms with E-state index in [0.717, 1.165) is 12.1 Å². The minimum atomic E-state index is -4.41. The van der Waals surface area contributed by atoms with Crippen LogP contribution in [0.15, 0.2) is 42.5 Å². The largest absolute Gasteiger partial charge is 0.493 e. The van der Waals surface area contributed by atoms with E-state index in [1.54, 1.807) is 17.0 Å². The van der Waals surface area contributed by atoms with E-state index in [1.165, 1.54) is 30.2 Å². The first kappa shape index (κ1) is 24.2. The first-order valence-electron chi connectivity index (χ1n) is 10.4. The molecule has 2 aromatic rings. The molecule has 7 nitrogen and oxygen atoms in total. The Morgan fingerprint density at radius 3 is 2.36 bits per heavy atom. The Morgan fingerprint density at radius 1 is 1.00 bits per heavy atom. The van der Waals surface area contributed by atoms with Gasteiger partial charge in [0.1, 0.15) is 0 Å². The van der Waals surface area contributed by atoms with Crippen molar-refractivity contribution < 1.29 is 37.0 Å². The molecule has 0 unspecified atom stereocenters. The Morgan fingerprint density at radius 2 is 1.73 bits per heavy atom. The van der Waals surface area contributed by atoms with Crippen molar-refractivity contribution in [3.05, 3.63) is 53.6 Å². The van der Waals surface area contributed by atoms with Gasteiger partial charge in [0.15, 0.2) is 18.1 Å². The van der Waals surface area contributed by atoms with Crippen molar-refractivity contribution in [2.24, 2.45) is 0 Å². The van der Waals surface area contributed by atoms with E-state index in [2.05, 4.69) is 0 Å². The molecule has 0 spiro atoms. The second kappa shape index (κ2) is 10.5. The normalized spacial score (nSPS) is 14.1. The summed E-state index contributed by atoms with van der Waals surface area (Å²) in [5.74, 6) is -0.174. The predicted molar refractivity (Wildman–Crippen MR) is 115 cm³/mol. The average Bonchev–Trinajstić information content (AvgIpc) is 2.82. The topological polar surface area (TPSA) is 68.3 Å². The third-order valence-electron chi connectivity index (χ3n) is 5.20. The molecular weight excluding hydrogens is 441 g/mol. The number of ether oxygens (including phenoxy) is 3. The number of nitrogens with zero attached hydrogens (tertiary/aromatic N) is 2. The molecule has 0 saturated carbocycles. The summed E-state index contributed by atoms with van der Waals surface area (Å²) in [5.41, 5.74) is -0.0402. The lowest BCUT2D eigenvalue weighted by atomic mass is 10.1. The van der Waals surface area contributed by atoms with Gasteiger partial charge in [-0.15, -0.1) is 0 Å². The fourth-order valence-electron chi connectivity index (χ4n) is 3.46. The highest BCUT2D eigenvalue weighted by Gasteiger charge is 2.31. The zero-order chi connectivity index (χ0) is 24.0. The highest BCUT2D eigenvalue weighted by molar-refractivity contribution is 5.92. The van der Waals surface area contributed by atoms with Crippen LogP contribution >= 0.6 is 0 Å². The summed E-state index contributed by atoms with van der Waals surface area (Å²) in [6, 6.07) is 9.69. The lowest BCUT2D eigenvalue weighted by Crippen LogP contribution is -2.50. The molecular formula is C23H25F3N2O5. The van der Waals surface area contributed by atoms with Crippen LogP contribution in [0, 0.1) is 0 Å². The minimum absolute atomic E-state index is 0.220. The van der Waals surface area contributed by atoms with E-state index >= 15 is 0 Å². The molecule has 1 amide bonds. The predicted octanol–water partition coefficient (Wildman–Crippen LogP) is 3.62. The van der Waals surface area contributed by atoms with Gasteiger partial charge in [-0.05, 0) is 43.3 Å². The summed E-state index contributed by atoms with van der Waals surface area (Å²) in [7, 11) is 1.45. The molecule has 3 rings (SSSR count). The van der Waals surface area contributed by atoms with Gasteiger partial charge in [-0.1, -0.05) is 6.07 Å². The summed E-state index contributed by atoms with van der Waals surface area (Å²) >= 11 is 0. The van der Waals surface area contributed by atoms with Crippen molar-refractivity contribution in [2.75, 3.05) is 51.4 Å². The summed E-state index contributed by atoms with van der Waals surface area (Å²) in [6.45, 7) is 3.20. The van der Waals surface area contributed by atoms with Crippen LogP contribution in [0.3, 0.4) is 0 Å². The molecule has 1 aliphatic heterocycles. The van der Waals surface area contributed by atoms with Crippen LogP contribution < -0.4 is 14.4 Å². The number of anilines is 1. The summed E-state index contributed by atoms with van der Waals surface area (Å²) in [6.07, 6.45) is -4.41. The van der Waals surface area contributed by atoms with Gasteiger partial charge in [0, 0.05) is 31.9 Å². The van der Waals surface area contributed by atoms with Crippen molar-refractivity contribution in [3.8, 4) is 11.5 Å². The number of amides is 1. The number of carbonyl (C=O) groups is 2. The van der Waals surface area contributed by atoms with E-state index in [-0.39, 0.29) is 11.5 Å². The Balaban J connectivity index is 1.52. The van der Waals surface area contributed by atoms with E-state index in [1.807, 2.05) is 6.92 Å². The molecule has 0 radical (unpaired) electrons. The number of piperazine rings is 1. The van der Waals surface area contributed by atoms with Gasteiger partial charge in [-0.25, -0.2) is 4.79 Å². The van der Waals surface area contributed by atoms with Crippen LogP contribution in [0.25, 0.3) is 0 Å². The maximum Gasteiger partial charge on any atom is 0.416 e. The molecule has 10 heteroatoms. The number of rotatable bonds is 7.